The van der Waals surface area contributed by atoms with Crippen LogP contribution in [0, 0.1) is 0 Å². The fourth-order valence-electron chi connectivity index (χ4n) is 1.97. The third-order valence-corrected chi connectivity index (χ3v) is 3.04. The minimum atomic E-state index is -0.648. The monoisotopic (exact) mass is 299 g/mol. The van der Waals surface area contributed by atoms with Crippen molar-refractivity contribution in [1.29, 1.82) is 0 Å². The Hall–Kier alpha value is -3.09. The van der Waals surface area contributed by atoms with Gasteiger partial charge in [0.1, 0.15) is 5.76 Å². The summed E-state index contributed by atoms with van der Waals surface area (Å²) in [5.41, 5.74) is 0.895. The fourth-order valence-corrected chi connectivity index (χ4v) is 1.97. The first-order valence-corrected chi connectivity index (χ1v) is 6.63. The molecule has 2 aromatic heterocycles. The van der Waals surface area contributed by atoms with Crippen LogP contribution in [0.5, 0.6) is 0 Å². The smallest absolute Gasteiger partial charge is 0.359 e. The molecule has 3 rings (SSSR count). The number of rotatable bonds is 5. The molecule has 0 fully saturated rings. The van der Waals surface area contributed by atoms with Gasteiger partial charge >= 0.3 is 5.97 Å². The molecule has 7 nitrogen and oxygen atoms in total. The Balaban J connectivity index is 1.54. The molecule has 7 heteroatoms. The zero-order valence-corrected chi connectivity index (χ0v) is 11.5. The average Bonchev–Trinajstić information content (AvgIpc) is 3.19. The van der Waals surface area contributed by atoms with E-state index in [-0.39, 0.29) is 18.8 Å². The molecule has 0 aliphatic rings. The molecule has 3 aromatic rings. The topological polar surface area (TPSA) is 97.2 Å². The predicted octanol–water partition coefficient (Wildman–Crippen LogP) is 1.63. The van der Waals surface area contributed by atoms with Crippen LogP contribution in [-0.2, 0) is 16.1 Å². The summed E-state index contributed by atoms with van der Waals surface area (Å²) in [5.74, 6) is -0.437. The van der Waals surface area contributed by atoms with Gasteiger partial charge in [-0.15, -0.1) is 0 Å². The number of para-hydroxylation sites is 1. The summed E-state index contributed by atoms with van der Waals surface area (Å²) in [4.78, 5) is 23.6. The number of benzene rings is 1. The maximum absolute atomic E-state index is 12.0. The molecule has 0 unspecified atom stereocenters. The predicted molar refractivity (Wildman–Crippen MR) is 76.9 cm³/mol. The van der Waals surface area contributed by atoms with Crippen molar-refractivity contribution in [2.45, 2.75) is 6.54 Å². The van der Waals surface area contributed by atoms with Crippen LogP contribution >= 0.6 is 0 Å². The maximum Gasteiger partial charge on any atom is 0.359 e. The molecule has 1 amide bonds. The number of aromatic nitrogens is 2. The van der Waals surface area contributed by atoms with Gasteiger partial charge in [-0.05, 0) is 18.2 Å². The van der Waals surface area contributed by atoms with Gasteiger partial charge in [-0.1, -0.05) is 18.2 Å². The lowest BCUT2D eigenvalue weighted by molar-refractivity contribution is -0.124. The van der Waals surface area contributed by atoms with E-state index in [9.17, 15) is 9.59 Å². The lowest BCUT2D eigenvalue weighted by Crippen LogP contribution is -2.28. The molecule has 0 bridgehead atoms. The maximum atomic E-state index is 12.0. The molecule has 112 valence electrons. The van der Waals surface area contributed by atoms with Crippen LogP contribution in [0.2, 0.25) is 0 Å². The van der Waals surface area contributed by atoms with Crippen LogP contribution in [0.25, 0.3) is 10.9 Å². The van der Waals surface area contributed by atoms with Crippen LogP contribution in [-0.4, -0.2) is 28.7 Å². The number of carbonyl (C=O) groups is 2. The Labute approximate surface area is 125 Å². The summed E-state index contributed by atoms with van der Waals surface area (Å²) in [6, 6.07) is 10.6. The molecule has 0 atom stereocenters. The second-order valence-corrected chi connectivity index (χ2v) is 4.55. The number of hydrogen-bond donors (Lipinski definition) is 2. The molecule has 0 saturated heterocycles. The van der Waals surface area contributed by atoms with Gasteiger partial charge in [0.25, 0.3) is 5.91 Å². The van der Waals surface area contributed by atoms with Gasteiger partial charge in [0.2, 0.25) is 0 Å². The van der Waals surface area contributed by atoms with E-state index in [0.29, 0.717) is 11.1 Å². The van der Waals surface area contributed by atoms with Crippen molar-refractivity contribution in [1.82, 2.24) is 15.5 Å². The van der Waals surface area contributed by atoms with Crippen molar-refractivity contribution in [3.05, 3.63) is 54.1 Å². The number of furan rings is 1. The van der Waals surface area contributed by atoms with Gasteiger partial charge < -0.3 is 14.5 Å². The van der Waals surface area contributed by atoms with Crippen molar-refractivity contribution in [3.63, 3.8) is 0 Å². The Morgan fingerprint density at radius 2 is 2.09 bits per heavy atom. The quantitative estimate of drug-likeness (QED) is 0.698. The zero-order chi connectivity index (χ0) is 15.4. The number of amides is 1. The van der Waals surface area contributed by atoms with E-state index >= 15 is 0 Å². The van der Waals surface area contributed by atoms with E-state index in [0.717, 1.165) is 5.52 Å². The van der Waals surface area contributed by atoms with Crippen LogP contribution in [0.15, 0.2) is 47.1 Å². The van der Waals surface area contributed by atoms with Crippen LogP contribution in [0.1, 0.15) is 16.2 Å². The normalized spacial score (nSPS) is 10.5. The largest absolute Gasteiger partial charge is 0.467 e. The lowest BCUT2D eigenvalue weighted by Gasteiger charge is -2.04. The highest BCUT2D eigenvalue weighted by molar-refractivity contribution is 6.02. The van der Waals surface area contributed by atoms with Gasteiger partial charge in [0.15, 0.2) is 12.3 Å². The highest BCUT2D eigenvalue weighted by Gasteiger charge is 2.16. The molecule has 0 aliphatic carbocycles. The second kappa shape index (κ2) is 6.13. The average molecular weight is 299 g/mol. The first-order valence-electron chi connectivity index (χ1n) is 6.63. The number of carbonyl (C=O) groups excluding carboxylic acids is 2. The van der Waals surface area contributed by atoms with Gasteiger partial charge in [-0.2, -0.15) is 5.10 Å². The van der Waals surface area contributed by atoms with Crippen molar-refractivity contribution in [2.75, 3.05) is 6.61 Å². The van der Waals surface area contributed by atoms with Crippen molar-refractivity contribution in [3.8, 4) is 0 Å². The molecule has 22 heavy (non-hydrogen) atoms. The van der Waals surface area contributed by atoms with Gasteiger partial charge in [0, 0.05) is 5.39 Å². The Morgan fingerprint density at radius 3 is 2.91 bits per heavy atom. The number of nitrogens with zero attached hydrogens (tertiary/aromatic N) is 1. The molecule has 0 spiro atoms. The first-order chi connectivity index (χ1) is 10.7. The minimum Gasteiger partial charge on any atom is -0.467 e. The van der Waals surface area contributed by atoms with E-state index in [4.69, 9.17) is 9.15 Å². The molecular weight excluding hydrogens is 286 g/mol. The number of aromatic amines is 1. The standard InChI is InChI=1S/C15H13N3O4/c19-13(16-8-10-4-3-7-21-10)9-22-15(20)14-11-5-1-2-6-12(11)17-18-14/h1-7H,8-9H2,(H,16,19)(H,17,18). The molecule has 2 heterocycles. The summed E-state index contributed by atoms with van der Waals surface area (Å²) in [6.07, 6.45) is 1.52. The Morgan fingerprint density at radius 1 is 1.23 bits per heavy atom. The second-order valence-electron chi connectivity index (χ2n) is 4.55. The summed E-state index contributed by atoms with van der Waals surface area (Å²) < 4.78 is 10.0. The highest BCUT2D eigenvalue weighted by atomic mass is 16.5. The van der Waals surface area contributed by atoms with Gasteiger partial charge in [0.05, 0.1) is 18.3 Å². The molecule has 2 N–H and O–H groups in total. The molecule has 0 saturated carbocycles. The minimum absolute atomic E-state index is 0.162. The van der Waals surface area contributed by atoms with Gasteiger partial charge in [-0.3, -0.25) is 9.89 Å². The lowest BCUT2D eigenvalue weighted by atomic mass is 10.2. The van der Waals surface area contributed by atoms with Crippen molar-refractivity contribution in [2.24, 2.45) is 0 Å². The first kappa shape index (κ1) is 13.9. The number of ether oxygens (including phenoxy) is 1. The number of fused-ring (bicyclic) bond motifs is 1. The van der Waals surface area contributed by atoms with Gasteiger partial charge in [-0.25, -0.2) is 4.79 Å². The third kappa shape index (κ3) is 2.98. The summed E-state index contributed by atoms with van der Waals surface area (Å²) in [6.45, 7) is -0.130. The summed E-state index contributed by atoms with van der Waals surface area (Å²) in [5, 5.41) is 9.89. The Kier molecular flexibility index (Phi) is 3.86. The molecule has 0 aliphatic heterocycles. The summed E-state index contributed by atoms with van der Waals surface area (Å²) in [7, 11) is 0. The number of hydrogen-bond acceptors (Lipinski definition) is 5. The van der Waals surface area contributed by atoms with Crippen LogP contribution in [0.4, 0.5) is 0 Å². The number of nitrogens with one attached hydrogen (secondary N) is 2. The van der Waals surface area contributed by atoms with E-state index in [2.05, 4.69) is 15.5 Å². The van der Waals surface area contributed by atoms with E-state index in [1.54, 1.807) is 30.3 Å². The fraction of sp³-hybridized carbons (Fsp3) is 0.133. The van der Waals surface area contributed by atoms with E-state index in [1.165, 1.54) is 6.26 Å². The molecular formula is C15H13N3O4. The molecule has 0 radical (unpaired) electrons. The Bertz CT molecular complexity index is 792. The third-order valence-electron chi connectivity index (χ3n) is 3.04. The van der Waals surface area contributed by atoms with Crippen LogP contribution in [0.3, 0.4) is 0 Å². The van der Waals surface area contributed by atoms with E-state index < -0.39 is 11.9 Å². The SMILES string of the molecule is O=C(COC(=O)c1n[nH]c2ccccc12)NCc1ccco1. The van der Waals surface area contributed by atoms with Crippen molar-refractivity contribution >= 4 is 22.8 Å². The number of H-pyrrole nitrogens is 1. The molecule has 1 aromatic carbocycles. The van der Waals surface area contributed by atoms with Crippen LogP contribution < -0.4 is 5.32 Å². The zero-order valence-electron chi connectivity index (χ0n) is 11.5. The van der Waals surface area contributed by atoms with E-state index in [1.807, 2.05) is 6.07 Å². The summed E-state index contributed by atoms with van der Waals surface area (Å²) >= 11 is 0. The number of esters is 1. The highest BCUT2D eigenvalue weighted by Crippen LogP contribution is 2.15. The van der Waals surface area contributed by atoms with Crippen molar-refractivity contribution < 1.29 is 18.7 Å².